The Kier molecular flexibility index (Phi) is 6.61. The Hall–Kier alpha value is -3.39. The lowest BCUT2D eigenvalue weighted by molar-refractivity contribution is -0.151. The summed E-state index contributed by atoms with van der Waals surface area (Å²) in [4.78, 5) is 37.2. The van der Waals surface area contributed by atoms with Crippen molar-refractivity contribution in [3.05, 3.63) is 59.7 Å². The van der Waals surface area contributed by atoms with E-state index in [9.17, 15) is 19.5 Å². The highest BCUT2D eigenvalue weighted by molar-refractivity contribution is 5.92. The maximum atomic E-state index is 12.9. The fourth-order valence-corrected chi connectivity index (χ4v) is 4.62. The summed E-state index contributed by atoms with van der Waals surface area (Å²) >= 11 is 0. The summed E-state index contributed by atoms with van der Waals surface area (Å²) in [6.07, 6.45) is 0.708. The summed E-state index contributed by atoms with van der Waals surface area (Å²) in [5.41, 5.74) is 2.22. The van der Waals surface area contributed by atoms with Crippen molar-refractivity contribution in [3.63, 3.8) is 0 Å². The van der Waals surface area contributed by atoms with Crippen LogP contribution in [0.2, 0.25) is 0 Å². The van der Waals surface area contributed by atoms with Gasteiger partial charge in [-0.1, -0.05) is 55.5 Å². The number of hydrogen-bond donors (Lipinski definition) is 3. The van der Waals surface area contributed by atoms with Crippen LogP contribution in [0.25, 0.3) is 11.1 Å². The molecule has 0 saturated heterocycles. The van der Waals surface area contributed by atoms with E-state index >= 15 is 0 Å². The molecule has 0 aromatic heterocycles. The summed E-state index contributed by atoms with van der Waals surface area (Å²) < 4.78 is 10.6. The van der Waals surface area contributed by atoms with Crippen molar-refractivity contribution in [2.75, 3.05) is 26.9 Å². The highest BCUT2D eigenvalue weighted by atomic mass is 16.5. The number of methoxy groups -OCH3 is 1. The normalized spacial score (nSPS) is 17.1. The molecule has 2 aliphatic rings. The van der Waals surface area contributed by atoms with Gasteiger partial charge in [0.25, 0.3) is 0 Å². The minimum absolute atomic E-state index is 0.0499. The molecule has 180 valence electrons. The maximum Gasteiger partial charge on any atom is 0.407 e. The number of alkyl carbamates (subject to hydrolysis) is 1. The Bertz CT molecular complexity index is 1050. The van der Waals surface area contributed by atoms with Gasteiger partial charge in [-0.3, -0.25) is 4.79 Å². The molecule has 0 bridgehead atoms. The molecule has 1 atom stereocenters. The van der Waals surface area contributed by atoms with E-state index < -0.39 is 28.9 Å². The van der Waals surface area contributed by atoms with Crippen molar-refractivity contribution < 1.29 is 29.0 Å². The van der Waals surface area contributed by atoms with Gasteiger partial charge in [-0.15, -0.1) is 0 Å². The third-order valence-corrected chi connectivity index (χ3v) is 7.01. The van der Waals surface area contributed by atoms with Crippen LogP contribution in [0.4, 0.5) is 4.79 Å². The zero-order valence-electron chi connectivity index (χ0n) is 19.4. The Morgan fingerprint density at radius 1 is 1.06 bits per heavy atom. The van der Waals surface area contributed by atoms with E-state index in [1.165, 1.54) is 7.11 Å². The SMILES string of the molecule is CCC(COC)(NC(=O)C1(CNC(=O)OCC2c3ccccc3-c3ccccc32)CC1)C(=O)O. The molecule has 0 spiro atoms. The Labute approximate surface area is 198 Å². The predicted molar refractivity (Wildman–Crippen MR) is 125 cm³/mol. The molecular formula is C26H30N2O6. The quantitative estimate of drug-likeness (QED) is 0.495. The summed E-state index contributed by atoms with van der Waals surface area (Å²) in [5.74, 6) is -1.59. The van der Waals surface area contributed by atoms with Crippen LogP contribution in [0.5, 0.6) is 0 Å². The second-order valence-corrected chi connectivity index (χ2v) is 9.09. The molecule has 34 heavy (non-hydrogen) atoms. The number of aliphatic carboxylic acids is 1. The lowest BCUT2D eigenvalue weighted by Crippen LogP contribution is -2.59. The summed E-state index contributed by atoms with van der Waals surface area (Å²) in [6, 6.07) is 16.2. The molecule has 0 heterocycles. The van der Waals surface area contributed by atoms with Crippen LogP contribution in [0.15, 0.2) is 48.5 Å². The fraction of sp³-hybridized carbons (Fsp3) is 0.423. The number of fused-ring (bicyclic) bond motifs is 3. The van der Waals surface area contributed by atoms with E-state index in [0.717, 1.165) is 22.3 Å². The van der Waals surface area contributed by atoms with Crippen molar-refractivity contribution in [2.45, 2.75) is 37.6 Å². The Morgan fingerprint density at radius 2 is 1.65 bits per heavy atom. The average Bonchev–Trinajstić information content (AvgIpc) is 3.58. The molecule has 8 nitrogen and oxygen atoms in total. The smallest absolute Gasteiger partial charge is 0.407 e. The molecule has 4 rings (SSSR count). The molecule has 2 aromatic rings. The van der Waals surface area contributed by atoms with Crippen LogP contribution >= 0.6 is 0 Å². The molecule has 0 radical (unpaired) electrons. The van der Waals surface area contributed by atoms with Gasteiger partial charge in [-0.2, -0.15) is 0 Å². The standard InChI is InChI=1S/C26H30N2O6/c1-3-26(16-33-2,23(30)31)28-22(29)25(12-13-25)15-27-24(32)34-14-21-19-10-6-4-8-17(19)18-9-5-7-11-20(18)21/h4-11,21H,3,12-16H2,1-2H3,(H,27,32)(H,28,29)(H,30,31). The lowest BCUT2D eigenvalue weighted by atomic mass is 9.95. The fourth-order valence-electron chi connectivity index (χ4n) is 4.62. The maximum absolute atomic E-state index is 12.9. The molecule has 3 N–H and O–H groups in total. The number of hydrogen-bond acceptors (Lipinski definition) is 5. The highest BCUT2D eigenvalue weighted by Gasteiger charge is 2.53. The van der Waals surface area contributed by atoms with Gasteiger partial charge in [0.2, 0.25) is 5.91 Å². The zero-order chi connectivity index (χ0) is 24.3. The van der Waals surface area contributed by atoms with Gasteiger partial charge < -0.3 is 25.2 Å². The molecular weight excluding hydrogens is 436 g/mol. The van der Waals surface area contributed by atoms with Crippen LogP contribution in [0.3, 0.4) is 0 Å². The number of nitrogens with one attached hydrogen (secondary N) is 2. The van der Waals surface area contributed by atoms with E-state index in [4.69, 9.17) is 9.47 Å². The van der Waals surface area contributed by atoms with Gasteiger partial charge >= 0.3 is 12.1 Å². The molecule has 1 saturated carbocycles. The highest BCUT2D eigenvalue weighted by Crippen LogP contribution is 2.46. The van der Waals surface area contributed by atoms with Gasteiger partial charge in [0.1, 0.15) is 6.61 Å². The zero-order valence-corrected chi connectivity index (χ0v) is 19.4. The summed E-state index contributed by atoms with van der Waals surface area (Å²) in [7, 11) is 1.39. The first kappa shape index (κ1) is 23.8. The van der Waals surface area contributed by atoms with Crippen molar-refractivity contribution >= 4 is 18.0 Å². The monoisotopic (exact) mass is 466 g/mol. The number of benzene rings is 2. The molecule has 2 amide bonds. The van der Waals surface area contributed by atoms with Gasteiger partial charge in [0, 0.05) is 19.6 Å². The summed E-state index contributed by atoms with van der Waals surface area (Å²) in [6.45, 7) is 1.81. The summed E-state index contributed by atoms with van der Waals surface area (Å²) in [5, 5.41) is 15.0. The number of carboxylic acid groups (broad SMARTS) is 1. The first-order valence-corrected chi connectivity index (χ1v) is 11.5. The molecule has 1 fully saturated rings. The van der Waals surface area contributed by atoms with E-state index in [1.54, 1.807) is 6.92 Å². The van der Waals surface area contributed by atoms with E-state index in [1.807, 2.05) is 36.4 Å². The molecule has 2 aliphatic carbocycles. The molecule has 2 aromatic carbocycles. The average molecular weight is 467 g/mol. The van der Waals surface area contributed by atoms with E-state index in [-0.39, 0.29) is 32.1 Å². The topological polar surface area (TPSA) is 114 Å². The number of carbonyl (C=O) groups is 3. The van der Waals surface area contributed by atoms with Gasteiger partial charge in [-0.25, -0.2) is 9.59 Å². The van der Waals surface area contributed by atoms with Gasteiger partial charge in [0.05, 0.1) is 12.0 Å². The third-order valence-electron chi connectivity index (χ3n) is 7.01. The minimum Gasteiger partial charge on any atom is -0.479 e. The van der Waals surface area contributed by atoms with Crippen molar-refractivity contribution in [1.29, 1.82) is 0 Å². The molecule has 0 aliphatic heterocycles. The van der Waals surface area contributed by atoms with Gasteiger partial charge in [0.15, 0.2) is 5.54 Å². The second-order valence-electron chi connectivity index (χ2n) is 9.09. The van der Waals surface area contributed by atoms with Crippen LogP contribution in [-0.2, 0) is 19.1 Å². The number of carboxylic acids is 1. The number of amides is 2. The van der Waals surface area contributed by atoms with Crippen molar-refractivity contribution in [2.24, 2.45) is 5.41 Å². The molecule has 1 unspecified atom stereocenters. The Morgan fingerprint density at radius 3 is 2.15 bits per heavy atom. The van der Waals surface area contributed by atoms with Crippen LogP contribution < -0.4 is 10.6 Å². The number of rotatable bonds is 10. The molecule has 8 heteroatoms. The van der Waals surface area contributed by atoms with Crippen LogP contribution in [0, 0.1) is 5.41 Å². The second kappa shape index (κ2) is 9.46. The predicted octanol–water partition coefficient (Wildman–Crippen LogP) is 3.30. The largest absolute Gasteiger partial charge is 0.479 e. The van der Waals surface area contributed by atoms with Crippen LogP contribution in [0.1, 0.15) is 43.2 Å². The van der Waals surface area contributed by atoms with Crippen molar-refractivity contribution in [1.82, 2.24) is 10.6 Å². The minimum atomic E-state index is -1.49. The first-order chi connectivity index (χ1) is 16.4. The van der Waals surface area contributed by atoms with Gasteiger partial charge in [-0.05, 0) is 41.5 Å². The lowest BCUT2D eigenvalue weighted by Gasteiger charge is -2.30. The number of ether oxygens (including phenoxy) is 2. The first-order valence-electron chi connectivity index (χ1n) is 11.5. The van der Waals surface area contributed by atoms with E-state index in [0.29, 0.717) is 12.8 Å². The number of carbonyl (C=O) groups excluding carboxylic acids is 2. The van der Waals surface area contributed by atoms with Crippen LogP contribution in [-0.4, -0.2) is 55.5 Å². The van der Waals surface area contributed by atoms with Crippen molar-refractivity contribution in [3.8, 4) is 11.1 Å². The van der Waals surface area contributed by atoms with E-state index in [2.05, 4.69) is 22.8 Å². The Balaban J connectivity index is 1.35. The third kappa shape index (κ3) is 4.37.